The second-order valence-corrected chi connectivity index (χ2v) is 3.79. The first kappa shape index (κ1) is 10.2. The molecule has 0 aliphatic carbocycles. The first-order valence-electron chi connectivity index (χ1n) is 3.96. The minimum Gasteiger partial charge on any atom is -0.387 e. The first-order chi connectivity index (χ1) is 6.15. The number of hydrogen-bond acceptors (Lipinski definition) is 2. The lowest BCUT2D eigenvalue weighted by Gasteiger charge is -2.10. The minimum absolute atomic E-state index is 0.136. The van der Waals surface area contributed by atoms with Gasteiger partial charge in [0.2, 0.25) is 0 Å². The fraction of sp³-hybridized carbons (Fsp3) is 0.300. The van der Waals surface area contributed by atoms with E-state index in [1.165, 1.54) is 0 Å². The summed E-state index contributed by atoms with van der Waals surface area (Å²) in [7, 11) is 0. The molecule has 0 fully saturated rings. The van der Waals surface area contributed by atoms with Crippen molar-refractivity contribution in [3.8, 4) is 6.07 Å². The lowest BCUT2D eigenvalue weighted by atomic mass is 10.0. The molecule has 0 amide bonds. The number of rotatable bonds is 2. The van der Waals surface area contributed by atoms with E-state index in [-0.39, 0.29) is 6.42 Å². The Kier molecular flexibility index (Phi) is 3.47. The standard InChI is InChI=1S/C10H10BrNO/c1-7-2-3-8(11)6-9(7)10(13)4-5-12/h2-3,6,10,13H,4H2,1H3. The molecular weight excluding hydrogens is 230 g/mol. The van der Waals surface area contributed by atoms with Gasteiger partial charge in [-0.2, -0.15) is 5.26 Å². The summed E-state index contributed by atoms with van der Waals surface area (Å²) in [5, 5.41) is 18.0. The Morgan fingerprint density at radius 2 is 2.31 bits per heavy atom. The summed E-state index contributed by atoms with van der Waals surface area (Å²) in [5.74, 6) is 0. The van der Waals surface area contributed by atoms with Gasteiger partial charge in [-0.25, -0.2) is 0 Å². The van der Waals surface area contributed by atoms with Gasteiger partial charge in [0.1, 0.15) is 0 Å². The summed E-state index contributed by atoms with van der Waals surface area (Å²) in [5.41, 5.74) is 1.82. The summed E-state index contributed by atoms with van der Waals surface area (Å²) in [6, 6.07) is 7.62. The van der Waals surface area contributed by atoms with Crippen LogP contribution in [0.1, 0.15) is 23.7 Å². The van der Waals surface area contributed by atoms with Crippen LogP contribution in [0, 0.1) is 18.3 Å². The maximum atomic E-state index is 9.58. The third-order valence-electron chi connectivity index (χ3n) is 1.88. The van der Waals surface area contributed by atoms with Crippen LogP contribution >= 0.6 is 15.9 Å². The van der Waals surface area contributed by atoms with Crippen LogP contribution in [0.5, 0.6) is 0 Å². The minimum atomic E-state index is -0.678. The Morgan fingerprint density at radius 3 is 2.92 bits per heavy atom. The summed E-state index contributed by atoms with van der Waals surface area (Å²) in [4.78, 5) is 0. The zero-order valence-corrected chi connectivity index (χ0v) is 8.87. The quantitative estimate of drug-likeness (QED) is 0.863. The molecular formula is C10H10BrNO. The summed E-state index contributed by atoms with van der Waals surface area (Å²) in [6.45, 7) is 1.92. The highest BCUT2D eigenvalue weighted by Crippen LogP contribution is 2.23. The lowest BCUT2D eigenvalue weighted by molar-refractivity contribution is 0.182. The number of nitriles is 1. The van der Waals surface area contributed by atoms with E-state index in [2.05, 4.69) is 15.9 Å². The highest BCUT2D eigenvalue weighted by molar-refractivity contribution is 9.10. The van der Waals surface area contributed by atoms with Gasteiger partial charge in [0.15, 0.2) is 0 Å². The van der Waals surface area contributed by atoms with Gasteiger partial charge in [0.25, 0.3) is 0 Å². The van der Waals surface area contributed by atoms with E-state index in [0.717, 1.165) is 15.6 Å². The van der Waals surface area contributed by atoms with Crippen LogP contribution in [0.4, 0.5) is 0 Å². The van der Waals surface area contributed by atoms with Crippen molar-refractivity contribution in [1.82, 2.24) is 0 Å². The molecule has 1 N–H and O–H groups in total. The average Bonchev–Trinajstić information content (AvgIpc) is 2.09. The molecule has 0 saturated carbocycles. The second-order valence-electron chi connectivity index (χ2n) is 2.88. The van der Waals surface area contributed by atoms with E-state index in [0.29, 0.717) is 0 Å². The maximum Gasteiger partial charge on any atom is 0.0922 e. The van der Waals surface area contributed by atoms with Gasteiger partial charge in [-0.15, -0.1) is 0 Å². The SMILES string of the molecule is Cc1ccc(Br)cc1C(O)CC#N. The number of benzene rings is 1. The molecule has 0 heterocycles. The van der Waals surface area contributed by atoms with Crippen molar-refractivity contribution in [2.75, 3.05) is 0 Å². The highest BCUT2D eigenvalue weighted by Gasteiger charge is 2.09. The summed E-state index contributed by atoms with van der Waals surface area (Å²) < 4.78 is 0.921. The van der Waals surface area contributed by atoms with Crippen molar-refractivity contribution in [1.29, 1.82) is 5.26 Å². The maximum absolute atomic E-state index is 9.58. The molecule has 1 aromatic rings. The van der Waals surface area contributed by atoms with E-state index in [1.54, 1.807) is 0 Å². The van der Waals surface area contributed by atoms with E-state index in [4.69, 9.17) is 5.26 Å². The first-order valence-corrected chi connectivity index (χ1v) is 4.75. The van der Waals surface area contributed by atoms with Gasteiger partial charge in [-0.1, -0.05) is 22.0 Å². The normalized spacial score (nSPS) is 12.2. The molecule has 0 aliphatic heterocycles. The van der Waals surface area contributed by atoms with Crippen molar-refractivity contribution in [2.24, 2.45) is 0 Å². The van der Waals surface area contributed by atoms with Crippen molar-refractivity contribution in [2.45, 2.75) is 19.4 Å². The topological polar surface area (TPSA) is 44.0 Å². The summed E-state index contributed by atoms with van der Waals surface area (Å²) in [6.07, 6.45) is -0.542. The second kappa shape index (κ2) is 4.40. The fourth-order valence-corrected chi connectivity index (χ4v) is 1.55. The zero-order valence-electron chi connectivity index (χ0n) is 7.29. The number of aliphatic hydroxyl groups is 1. The highest BCUT2D eigenvalue weighted by atomic mass is 79.9. The molecule has 68 valence electrons. The molecule has 0 spiro atoms. The molecule has 0 saturated heterocycles. The fourth-order valence-electron chi connectivity index (χ4n) is 1.17. The lowest BCUT2D eigenvalue weighted by Crippen LogP contribution is -1.98. The number of halogens is 1. The van der Waals surface area contributed by atoms with Gasteiger partial charge < -0.3 is 5.11 Å². The van der Waals surface area contributed by atoms with Gasteiger partial charge >= 0.3 is 0 Å². The molecule has 1 unspecified atom stereocenters. The van der Waals surface area contributed by atoms with Gasteiger partial charge in [-0.05, 0) is 30.2 Å². The Bertz CT molecular complexity index is 343. The molecule has 0 aliphatic rings. The van der Waals surface area contributed by atoms with Crippen LogP contribution in [0.3, 0.4) is 0 Å². The Labute approximate surface area is 85.9 Å². The average molecular weight is 240 g/mol. The molecule has 0 aromatic heterocycles. The molecule has 1 atom stereocenters. The van der Waals surface area contributed by atoms with Crippen LogP contribution < -0.4 is 0 Å². The van der Waals surface area contributed by atoms with Crippen LogP contribution in [0.25, 0.3) is 0 Å². The van der Waals surface area contributed by atoms with E-state index < -0.39 is 6.10 Å². The van der Waals surface area contributed by atoms with E-state index in [9.17, 15) is 5.11 Å². The third-order valence-corrected chi connectivity index (χ3v) is 2.38. The van der Waals surface area contributed by atoms with Gasteiger partial charge in [0, 0.05) is 4.47 Å². The molecule has 1 rings (SSSR count). The zero-order chi connectivity index (χ0) is 9.84. The smallest absolute Gasteiger partial charge is 0.0922 e. The molecule has 0 bridgehead atoms. The molecule has 2 nitrogen and oxygen atoms in total. The number of aliphatic hydroxyl groups excluding tert-OH is 1. The van der Waals surface area contributed by atoms with Crippen LogP contribution in [0.15, 0.2) is 22.7 Å². The largest absolute Gasteiger partial charge is 0.387 e. The van der Waals surface area contributed by atoms with Crippen molar-refractivity contribution in [3.63, 3.8) is 0 Å². The van der Waals surface area contributed by atoms with Gasteiger partial charge in [-0.3, -0.25) is 0 Å². The number of aryl methyl sites for hydroxylation is 1. The van der Waals surface area contributed by atoms with E-state index in [1.807, 2.05) is 31.2 Å². The molecule has 13 heavy (non-hydrogen) atoms. The predicted octanol–water partition coefficient (Wildman–Crippen LogP) is 2.70. The Hall–Kier alpha value is -0.850. The monoisotopic (exact) mass is 239 g/mol. The van der Waals surface area contributed by atoms with Crippen molar-refractivity contribution in [3.05, 3.63) is 33.8 Å². The number of nitrogens with zero attached hydrogens (tertiary/aromatic N) is 1. The van der Waals surface area contributed by atoms with Crippen LogP contribution in [0.2, 0.25) is 0 Å². The van der Waals surface area contributed by atoms with Crippen LogP contribution in [-0.4, -0.2) is 5.11 Å². The van der Waals surface area contributed by atoms with E-state index >= 15 is 0 Å². The molecule has 0 radical (unpaired) electrons. The van der Waals surface area contributed by atoms with Crippen molar-refractivity contribution < 1.29 is 5.11 Å². The number of hydrogen-bond donors (Lipinski definition) is 1. The Balaban J connectivity index is 3.00. The van der Waals surface area contributed by atoms with Crippen molar-refractivity contribution >= 4 is 15.9 Å². The predicted molar refractivity (Wildman–Crippen MR) is 54.1 cm³/mol. The molecule has 1 aromatic carbocycles. The summed E-state index contributed by atoms with van der Waals surface area (Å²) >= 11 is 3.32. The van der Waals surface area contributed by atoms with Gasteiger partial charge in [0.05, 0.1) is 18.6 Å². The Morgan fingerprint density at radius 1 is 1.62 bits per heavy atom. The van der Waals surface area contributed by atoms with Crippen LogP contribution in [-0.2, 0) is 0 Å². The molecule has 3 heteroatoms. The third kappa shape index (κ3) is 2.55.